The Kier molecular flexibility index (Phi) is 2.72. The lowest BCUT2D eigenvalue weighted by atomic mass is 9.71. The fraction of sp³-hybridized carbons (Fsp3) is 0.600. The molecule has 0 saturated carbocycles. The molecule has 1 heterocycles. The summed E-state index contributed by atoms with van der Waals surface area (Å²) < 4.78 is 0. The quantitative estimate of drug-likeness (QED) is 0.800. The highest BCUT2D eigenvalue weighted by molar-refractivity contribution is 5.35. The standard InChI is InChI=1S/C15H21NO/c1-16-10-8-13(11-16)15(17)9-4-6-12-5-2-3-7-14(12)15/h2-3,5,7,13,17H,4,6,8-11H2,1H3/t13-,15-/m0/s1. The highest BCUT2D eigenvalue weighted by Crippen LogP contribution is 2.43. The number of aryl methyl sites for hydroxylation is 1. The van der Waals surface area contributed by atoms with Crippen LogP contribution < -0.4 is 0 Å². The van der Waals surface area contributed by atoms with Crippen LogP contribution in [-0.4, -0.2) is 30.1 Å². The number of rotatable bonds is 1. The number of nitrogens with zero attached hydrogens (tertiary/aromatic N) is 1. The third-order valence-electron chi connectivity index (χ3n) is 4.55. The summed E-state index contributed by atoms with van der Waals surface area (Å²) in [6.07, 6.45) is 4.30. The molecular weight excluding hydrogens is 210 g/mol. The van der Waals surface area contributed by atoms with E-state index in [0.29, 0.717) is 5.92 Å². The zero-order valence-corrected chi connectivity index (χ0v) is 10.5. The molecule has 1 aliphatic heterocycles. The summed E-state index contributed by atoms with van der Waals surface area (Å²) in [4.78, 5) is 2.33. The largest absolute Gasteiger partial charge is 0.385 e. The molecule has 1 aliphatic carbocycles. The van der Waals surface area contributed by atoms with Gasteiger partial charge in [0, 0.05) is 12.5 Å². The molecule has 0 aromatic heterocycles. The van der Waals surface area contributed by atoms with Crippen molar-refractivity contribution in [1.82, 2.24) is 4.90 Å². The number of aliphatic hydroxyl groups is 1. The normalized spacial score (nSPS) is 33.6. The minimum Gasteiger partial charge on any atom is -0.385 e. The number of likely N-dealkylation sites (tertiary alicyclic amines) is 1. The van der Waals surface area contributed by atoms with Crippen molar-refractivity contribution >= 4 is 0 Å². The minimum absolute atomic E-state index is 0.411. The molecular formula is C15H21NO. The van der Waals surface area contributed by atoms with Crippen molar-refractivity contribution in [1.29, 1.82) is 0 Å². The maximum atomic E-state index is 11.1. The van der Waals surface area contributed by atoms with Gasteiger partial charge in [-0.2, -0.15) is 0 Å². The van der Waals surface area contributed by atoms with E-state index in [9.17, 15) is 5.11 Å². The Balaban J connectivity index is 1.98. The third-order valence-corrected chi connectivity index (χ3v) is 4.55. The molecule has 0 radical (unpaired) electrons. The first-order valence-corrected chi connectivity index (χ1v) is 6.69. The molecule has 92 valence electrons. The topological polar surface area (TPSA) is 23.5 Å². The highest BCUT2D eigenvalue weighted by atomic mass is 16.3. The van der Waals surface area contributed by atoms with E-state index < -0.39 is 5.60 Å². The van der Waals surface area contributed by atoms with Gasteiger partial charge >= 0.3 is 0 Å². The number of hydrogen-bond donors (Lipinski definition) is 1. The van der Waals surface area contributed by atoms with Crippen molar-refractivity contribution in [2.75, 3.05) is 20.1 Å². The van der Waals surface area contributed by atoms with Gasteiger partial charge in [0.15, 0.2) is 0 Å². The van der Waals surface area contributed by atoms with Gasteiger partial charge in [0.05, 0.1) is 5.60 Å². The van der Waals surface area contributed by atoms with E-state index in [2.05, 4.69) is 36.2 Å². The molecule has 2 heteroatoms. The summed E-state index contributed by atoms with van der Waals surface area (Å²) in [6, 6.07) is 8.46. The van der Waals surface area contributed by atoms with Crippen molar-refractivity contribution in [2.45, 2.75) is 31.3 Å². The number of fused-ring (bicyclic) bond motifs is 1. The maximum Gasteiger partial charge on any atom is 0.0940 e. The predicted molar refractivity (Wildman–Crippen MR) is 68.9 cm³/mol. The summed E-state index contributed by atoms with van der Waals surface area (Å²) in [5, 5.41) is 11.1. The monoisotopic (exact) mass is 231 g/mol. The SMILES string of the molecule is CN1CC[C@H]([C@@]2(O)CCCc3ccccc32)C1. The zero-order chi connectivity index (χ0) is 11.9. The van der Waals surface area contributed by atoms with Gasteiger partial charge < -0.3 is 10.0 Å². The summed E-state index contributed by atoms with van der Waals surface area (Å²) in [6.45, 7) is 2.15. The van der Waals surface area contributed by atoms with Gasteiger partial charge in [-0.3, -0.25) is 0 Å². The van der Waals surface area contributed by atoms with E-state index in [-0.39, 0.29) is 0 Å². The van der Waals surface area contributed by atoms with Crippen molar-refractivity contribution in [2.24, 2.45) is 5.92 Å². The summed E-state index contributed by atoms with van der Waals surface area (Å²) in [5.41, 5.74) is 1.99. The van der Waals surface area contributed by atoms with Crippen molar-refractivity contribution in [3.05, 3.63) is 35.4 Å². The van der Waals surface area contributed by atoms with E-state index in [1.54, 1.807) is 0 Å². The first kappa shape index (κ1) is 11.2. The Labute approximate surface area is 103 Å². The summed E-state index contributed by atoms with van der Waals surface area (Å²) in [5.74, 6) is 0.411. The lowest BCUT2D eigenvalue weighted by Gasteiger charge is -2.39. The van der Waals surface area contributed by atoms with Gasteiger partial charge in [0.1, 0.15) is 0 Å². The molecule has 2 aliphatic rings. The average Bonchev–Trinajstić information content (AvgIpc) is 2.77. The molecule has 0 amide bonds. The second-order valence-corrected chi connectivity index (χ2v) is 5.68. The van der Waals surface area contributed by atoms with Crippen LogP contribution in [-0.2, 0) is 12.0 Å². The predicted octanol–water partition coefficient (Wildman–Crippen LogP) is 2.16. The second-order valence-electron chi connectivity index (χ2n) is 5.68. The Bertz CT molecular complexity index is 417. The van der Waals surface area contributed by atoms with Crippen LogP contribution in [0.4, 0.5) is 0 Å². The van der Waals surface area contributed by atoms with Crippen LogP contribution >= 0.6 is 0 Å². The van der Waals surface area contributed by atoms with Crippen LogP contribution in [0.15, 0.2) is 24.3 Å². The molecule has 3 rings (SSSR count). The Morgan fingerprint density at radius 2 is 2.18 bits per heavy atom. The van der Waals surface area contributed by atoms with Crippen LogP contribution in [0.3, 0.4) is 0 Å². The van der Waals surface area contributed by atoms with E-state index >= 15 is 0 Å². The first-order chi connectivity index (χ1) is 8.20. The lowest BCUT2D eigenvalue weighted by Crippen LogP contribution is -2.39. The molecule has 1 aromatic rings. The van der Waals surface area contributed by atoms with Crippen LogP contribution in [0.25, 0.3) is 0 Å². The van der Waals surface area contributed by atoms with Gasteiger partial charge in [-0.05, 0) is 50.4 Å². The molecule has 2 nitrogen and oxygen atoms in total. The molecule has 0 bridgehead atoms. The zero-order valence-electron chi connectivity index (χ0n) is 10.5. The van der Waals surface area contributed by atoms with Gasteiger partial charge in [-0.25, -0.2) is 0 Å². The molecule has 1 saturated heterocycles. The van der Waals surface area contributed by atoms with Crippen LogP contribution in [0.2, 0.25) is 0 Å². The molecule has 1 N–H and O–H groups in total. The van der Waals surface area contributed by atoms with E-state index in [1.807, 2.05) is 0 Å². The van der Waals surface area contributed by atoms with Crippen LogP contribution in [0, 0.1) is 5.92 Å². The second kappa shape index (κ2) is 4.11. The maximum absolute atomic E-state index is 11.1. The average molecular weight is 231 g/mol. The molecule has 1 aromatic carbocycles. The number of benzene rings is 1. The van der Waals surface area contributed by atoms with Gasteiger partial charge in [0.25, 0.3) is 0 Å². The van der Waals surface area contributed by atoms with E-state index in [0.717, 1.165) is 38.8 Å². The lowest BCUT2D eigenvalue weighted by molar-refractivity contribution is -0.0350. The third kappa shape index (κ3) is 1.80. The molecule has 2 atom stereocenters. The first-order valence-electron chi connectivity index (χ1n) is 6.69. The fourth-order valence-electron chi connectivity index (χ4n) is 3.59. The molecule has 1 fully saturated rings. The fourth-order valence-corrected chi connectivity index (χ4v) is 3.59. The van der Waals surface area contributed by atoms with Crippen LogP contribution in [0.5, 0.6) is 0 Å². The Morgan fingerprint density at radius 3 is 2.94 bits per heavy atom. The van der Waals surface area contributed by atoms with Crippen LogP contribution in [0.1, 0.15) is 30.4 Å². The van der Waals surface area contributed by atoms with Crippen molar-refractivity contribution < 1.29 is 5.11 Å². The highest BCUT2D eigenvalue weighted by Gasteiger charge is 2.43. The Morgan fingerprint density at radius 1 is 1.35 bits per heavy atom. The van der Waals surface area contributed by atoms with Gasteiger partial charge in [-0.1, -0.05) is 24.3 Å². The molecule has 17 heavy (non-hydrogen) atoms. The minimum atomic E-state index is -0.570. The van der Waals surface area contributed by atoms with Crippen molar-refractivity contribution in [3.63, 3.8) is 0 Å². The van der Waals surface area contributed by atoms with Gasteiger partial charge in [-0.15, -0.1) is 0 Å². The molecule has 0 unspecified atom stereocenters. The Hall–Kier alpha value is -0.860. The summed E-state index contributed by atoms with van der Waals surface area (Å²) in [7, 11) is 2.15. The number of hydrogen-bond acceptors (Lipinski definition) is 2. The van der Waals surface area contributed by atoms with Gasteiger partial charge in [0.2, 0.25) is 0 Å². The summed E-state index contributed by atoms with van der Waals surface area (Å²) >= 11 is 0. The van der Waals surface area contributed by atoms with E-state index in [4.69, 9.17) is 0 Å². The molecule has 0 spiro atoms. The smallest absolute Gasteiger partial charge is 0.0940 e. The van der Waals surface area contributed by atoms with E-state index in [1.165, 1.54) is 11.1 Å². The van der Waals surface area contributed by atoms with Crippen molar-refractivity contribution in [3.8, 4) is 0 Å².